The van der Waals surface area contributed by atoms with Crippen molar-refractivity contribution in [2.75, 3.05) is 0 Å². The Balaban J connectivity index is 2.24. The molecule has 2 amide bonds. The van der Waals surface area contributed by atoms with Gasteiger partial charge in [-0.25, -0.2) is 0 Å². The van der Waals surface area contributed by atoms with Crippen LogP contribution in [0.15, 0.2) is 48.5 Å². The van der Waals surface area contributed by atoms with E-state index < -0.39 is 6.04 Å². The molecule has 5 heteroatoms. The van der Waals surface area contributed by atoms with Gasteiger partial charge >= 0.3 is 0 Å². The minimum atomic E-state index is -0.591. The van der Waals surface area contributed by atoms with Crippen molar-refractivity contribution in [3.63, 3.8) is 0 Å². The molecule has 0 radical (unpaired) electrons. The number of nitrogens with one attached hydrogen (secondary N) is 1. The summed E-state index contributed by atoms with van der Waals surface area (Å²) in [7, 11) is 0. The first kappa shape index (κ1) is 22.0. The quantitative estimate of drug-likeness (QED) is 0.774. The van der Waals surface area contributed by atoms with Crippen LogP contribution in [-0.2, 0) is 22.6 Å². The average molecular weight is 401 g/mol. The van der Waals surface area contributed by atoms with E-state index in [2.05, 4.69) is 5.32 Å². The van der Waals surface area contributed by atoms with Crippen molar-refractivity contribution in [1.82, 2.24) is 10.2 Å². The molecule has 150 valence electrons. The topological polar surface area (TPSA) is 49.4 Å². The Kier molecular flexibility index (Phi) is 7.25. The molecule has 1 N–H and O–H groups in total. The lowest BCUT2D eigenvalue weighted by molar-refractivity contribution is -0.140. The number of carbonyl (C=O) groups is 2. The standard InChI is InChI=1S/C23H29ClN2O2/c1-16-9-11-18(12-10-16)15-26(17(2)22(28)25-23(3,4)5)21(27)14-19-7-6-8-20(24)13-19/h6-13,17H,14-15H2,1-5H3,(H,25,28)/t17-/m0/s1. The third kappa shape index (κ3) is 6.68. The van der Waals surface area contributed by atoms with E-state index in [4.69, 9.17) is 11.6 Å². The molecule has 0 spiro atoms. The van der Waals surface area contributed by atoms with Crippen LogP contribution < -0.4 is 5.32 Å². The first-order valence-corrected chi connectivity index (χ1v) is 9.84. The molecule has 4 nitrogen and oxygen atoms in total. The number of hydrogen-bond acceptors (Lipinski definition) is 2. The van der Waals surface area contributed by atoms with Crippen molar-refractivity contribution < 1.29 is 9.59 Å². The van der Waals surface area contributed by atoms with Crippen LogP contribution in [0.5, 0.6) is 0 Å². The van der Waals surface area contributed by atoms with Crippen LogP contribution >= 0.6 is 11.6 Å². The predicted octanol–water partition coefficient (Wildman–Crippen LogP) is 4.52. The largest absolute Gasteiger partial charge is 0.350 e. The summed E-state index contributed by atoms with van der Waals surface area (Å²) in [4.78, 5) is 27.5. The summed E-state index contributed by atoms with van der Waals surface area (Å²) in [5, 5.41) is 3.56. The van der Waals surface area contributed by atoms with Gasteiger partial charge in [0.15, 0.2) is 0 Å². The fraction of sp³-hybridized carbons (Fsp3) is 0.391. The molecule has 2 aromatic carbocycles. The summed E-state index contributed by atoms with van der Waals surface area (Å²) in [5.41, 5.74) is 2.60. The van der Waals surface area contributed by atoms with Gasteiger partial charge in [0.05, 0.1) is 6.42 Å². The average Bonchev–Trinajstić information content (AvgIpc) is 2.59. The third-order valence-electron chi connectivity index (χ3n) is 4.38. The Labute approximate surface area is 172 Å². The molecule has 0 aliphatic heterocycles. The SMILES string of the molecule is Cc1ccc(CN(C(=O)Cc2cccc(Cl)c2)[C@@H](C)C(=O)NC(C)(C)C)cc1. The van der Waals surface area contributed by atoms with Crippen molar-refractivity contribution in [3.05, 3.63) is 70.2 Å². The summed E-state index contributed by atoms with van der Waals surface area (Å²) in [6.45, 7) is 9.94. The highest BCUT2D eigenvalue weighted by atomic mass is 35.5. The summed E-state index contributed by atoms with van der Waals surface area (Å²) >= 11 is 6.05. The Hall–Kier alpha value is -2.33. The van der Waals surface area contributed by atoms with E-state index in [1.165, 1.54) is 0 Å². The van der Waals surface area contributed by atoms with E-state index in [1.54, 1.807) is 24.0 Å². The van der Waals surface area contributed by atoms with Crippen LogP contribution in [0.25, 0.3) is 0 Å². The molecule has 0 saturated carbocycles. The van der Waals surface area contributed by atoms with Crippen molar-refractivity contribution in [1.29, 1.82) is 0 Å². The number of nitrogens with zero attached hydrogens (tertiary/aromatic N) is 1. The molecule has 1 atom stereocenters. The first-order valence-electron chi connectivity index (χ1n) is 9.46. The van der Waals surface area contributed by atoms with Crippen LogP contribution in [0.2, 0.25) is 5.02 Å². The van der Waals surface area contributed by atoms with Gasteiger partial charge in [0.2, 0.25) is 11.8 Å². The number of benzene rings is 2. The summed E-state index contributed by atoms with van der Waals surface area (Å²) in [6, 6.07) is 14.7. The minimum absolute atomic E-state index is 0.112. The summed E-state index contributed by atoms with van der Waals surface area (Å²) < 4.78 is 0. The maximum atomic E-state index is 13.1. The lowest BCUT2D eigenvalue weighted by Crippen LogP contribution is -2.52. The normalized spacial score (nSPS) is 12.4. The van der Waals surface area contributed by atoms with Gasteiger partial charge in [-0.3, -0.25) is 9.59 Å². The lowest BCUT2D eigenvalue weighted by atomic mass is 10.1. The number of hydrogen-bond donors (Lipinski definition) is 1. The molecule has 2 aromatic rings. The molecular formula is C23H29ClN2O2. The zero-order valence-corrected chi connectivity index (χ0v) is 18.0. The number of aryl methyl sites for hydroxylation is 1. The Morgan fingerprint density at radius 2 is 1.71 bits per heavy atom. The number of amides is 2. The second kappa shape index (κ2) is 9.24. The smallest absolute Gasteiger partial charge is 0.242 e. The Morgan fingerprint density at radius 3 is 2.29 bits per heavy atom. The first-order chi connectivity index (χ1) is 13.0. The maximum absolute atomic E-state index is 13.1. The monoisotopic (exact) mass is 400 g/mol. The van der Waals surface area contributed by atoms with Crippen molar-refractivity contribution in [2.24, 2.45) is 0 Å². The van der Waals surface area contributed by atoms with Crippen LogP contribution in [0.1, 0.15) is 44.4 Å². The highest BCUT2D eigenvalue weighted by Gasteiger charge is 2.28. The van der Waals surface area contributed by atoms with Gasteiger partial charge in [-0.2, -0.15) is 0 Å². The summed E-state index contributed by atoms with van der Waals surface area (Å²) in [6.07, 6.45) is 0.194. The fourth-order valence-electron chi connectivity index (χ4n) is 2.87. The van der Waals surface area contributed by atoms with E-state index in [-0.39, 0.29) is 23.8 Å². The van der Waals surface area contributed by atoms with Crippen LogP contribution in [0.3, 0.4) is 0 Å². The second-order valence-corrected chi connectivity index (χ2v) is 8.67. The van der Waals surface area contributed by atoms with Crippen molar-refractivity contribution >= 4 is 23.4 Å². The molecule has 0 unspecified atom stereocenters. The van der Waals surface area contributed by atoms with Gasteiger partial charge in [0.25, 0.3) is 0 Å². The van der Waals surface area contributed by atoms with E-state index in [0.717, 1.165) is 16.7 Å². The molecule has 2 rings (SSSR count). The highest BCUT2D eigenvalue weighted by Crippen LogP contribution is 2.16. The number of halogens is 1. The van der Waals surface area contributed by atoms with Gasteiger partial charge in [-0.1, -0.05) is 53.6 Å². The zero-order chi connectivity index (χ0) is 20.9. The van der Waals surface area contributed by atoms with Crippen LogP contribution in [0, 0.1) is 6.92 Å². The van der Waals surface area contributed by atoms with Gasteiger partial charge < -0.3 is 10.2 Å². The summed E-state index contributed by atoms with van der Waals surface area (Å²) in [5.74, 6) is -0.279. The molecule has 0 heterocycles. The van der Waals surface area contributed by atoms with Crippen LogP contribution in [-0.4, -0.2) is 28.3 Å². The van der Waals surface area contributed by atoms with Gasteiger partial charge in [-0.05, 0) is 57.9 Å². The number of carbonyl (C=O) groups excluding carboxylic acids is 2. The molecule has 0 aliphatic rings. The Morgan fingerprint density at radius 1 is 1.07 bits per heavy atom. The zero-order valence-electron chi connectivity index (χ0n) is 17.3. The molecule has 0 aliphatic carbocycles. The highest BCUT2D eigenvalue weighted by molar-refractivity contribution is 6.30. The van der Waals surface area contributed by atoms with E-state index in [1.807, 2.05) is 64.1 Å². The maximum Gasteiger partial charge on any atom is 0.242 e. The molecule has 0 fully saturated rings. The number of rotatable bonds is 6. The predicted molar refractivity (Wildman–Crippen MR) is 114 cm³/mol. The van der Waals surface area contributed by atoms with Crippen molar-refractivity contribution in [2.45, 2.75) is 59.2 Å². The third-order valence-corrected chi connectivity index (χ3v) is 4.62. The van der Waals surface area contributed by atoms with Gasteiger partial charge in [-0.15, -0.1) is 0 Å². The molecular weight excluding hydrogens is 372 g/mol. The van der Waals surface area contributed by atoms with Crippen molar-refractivity contribution in [3.8, 4) is 0 Å². The Bertz CT molecular complexity index is 825. The van der Waals surface area contributed by atoms with Gasteiger partial charge in [0.1, 0.15) is 6.04 Å². The minimum Gasteiger partial charge on any atom is -0.350 e. The van der Waals surface area contributed by atoms with E-state index >= 15 is 0 Å². The van der Waals surface area contributed by atoms with Gasteiger partial charge in [0, 0.05) is 17.1 Å². The molecule has 28 heavy (non-hydrogen) atoms. The lowest BCUT2D eigenvalue weighted by Gasteiger charge is -2.31. The second-order valence-electron chi connectivity index (χ2n) is 8.23. The van der Waals surface area contributed by atoms with E-state index in [0.29, 0.717) is 11.6 Å². The van der Waals surface area contributed by atoms with Crippen LogP contribution in [0.4, 0.5) is 0 Å². The molecule has 0 saturated heterocycles. The molecule has 0 aromatic heterocycles. The fourth-order valence-corrected chi connectivity index (χ4v) is 3.08. The van der Waals surface area contributed by atoms with E-state index in [9.17, 15) is 9.59 Å². The molecule has 0 bridgehead atoms.